The third kappa shape index (κ3) is 3.83. The number of H-pyrrole nitrogens is 1. The Kier molecular flexibility index (Phi) is 4.98. The van der Waals surface area contributed by atoms with Crippen molar-refractivity contribution in [2.24, 2.45) is 0 Å². The van der Waals surface area contributed by atoms with Gasteiger partial charge in [-0.2, -0.15) is 5.10 Å². The summed E-state index contributed by atoms with van der Waals surface area (Å²) in [6, 6.07) is 5.83. The standard InChI is InChI=1S/C21H25N5O2/c1-3-20(27)26-9-8-16(12-26)17-7-6-15(11-22-17)13(2)21(28)23-19-10-18(24-25-19)14-4-5-14/h3,6-7,10-11,13-14,16H,1,4-5,8-9,12H2,2H3,(H2,23,24,25,28). The van der Waals surface area contributed by atoms with Crippen molar-refractivity contribution in [3.05, 3.63) is 54.0 Å². The monoisotopic (exact) mass is 379 g/mol. The molecule has 28 heavy (non-hydrogen) atoms. The lowest BCUT2D eigenvalue weighted by Crippen LogP contribution is -2.26. The van der Waals surface area contributed by atoms with Gasteiger partial charge in [0, 0.05) is 48.6 Å². The number of rotatable bonds is 6. The maximum absolute atomic E-state index is 12.6. The minimum atomic E-state index is -0.329. The minimum Gasteiger partial charge on any atom is -0.338 e. The lowest BCUT2D eigenvalue weighted by atomic mass is 9.99. The molecule has 146 valence electrons. The van der Waals surface area contributed by atoms with Gasteiger partial charge < -0.3 is 10.2 Å². The quantitative estimate of drug-likeness (QED) is 0.755. The number of carbonyl (C=O) groups excluding carboxylic acids is 2. The number of nitrogens with one attached hydrogen (secondary N) is 2. The van der Waals surface area contributed by atoms with Crippen molar-refractivity contribution < 1.29 is 9.59 Å². The number of nitrogens with zero attached hydrogens (tertiary/aromatic N) is 3. The first-order valence-corrected chi connectivity index (χ1v) is 9.78. The molecule has 7 nitrogen and oxygen atoms in total. The Morgan fingerprint density at radius 2 is 2.14 bits per heavy atom. The second-order valence-corrected chi connectivity index (χ2v) is 7.68. The van der Waals surface area contributed by atoms with Crippen LogP contribution in [0.5, 0.6) is 0 Å². The van der Waals surface area contributed by atoms with E-state index in [0.29, 0.717) is 18.3 Å². The number of carbonyl (C=O) groups is 2. The van der Waals surface area contributed by atoms with E-state index in [1.54, 1.807) is 11.1 Å². The average molecular weight is 379 g/mol. The van der Waals surface area contributed by atoms with Gasteiger partial charge in [-0.15, -0.1) is 0 Å². The SMILES string of the molecule is C=CC(=O)N1CCC(c2ccc(C(C)C(=O)Nc3cc(C4CC4)[nH]n3)cn2)C1. The van der Waals surface area contributed by atoms with Gasteiger partial charge in [0.1, 0.15) is 0 Å². The van der Waals surface area contributed by atoms with Gasteiger partial charge in [0.05, 0.1) is 5.92 Å². The van der Waals surface area contributed by atoms with Crippen LogP contribution in [0.1, 0.15) is 60.9 Å². The van der Waals surface area contributed by atoms with E-state index in [1.807, 2.05) is 25.1 Å². The topological polar surface area (TPSA) is 91.0 Å². The lowest BCUT2D eigenvalue weighted by Gasteiger charge is -2.15. The van der Waals surface area contributed by atoms with Crippen LogP contribution in [-0.2, 0) is 9.59 Å². The highest BCUT2D eigenvalue weighted by Gasteiger charge is 2.28. The largest absolute Gasteiger partial charge is 0.338 e. The third-order valence-corrected chi connectivity index (χ3v) is 5.66. The molecule has 2 atom stereocenters. The fourth-order valence-corrected chi connectivity index (χ4v) is 3.64. The normalized spacial score (nSPS) is 20.0. The highest BCUT2D eigenvalue weighted by molar-refractivity contribution is 5.94. The summed E-state index contributed by atoms with van der Waals surface area (Å²) in [7, 11) is 0. The summed E-state index contributed by atoms with van der Waals surface area (Å²) in [4.78, 5) is 30.6. The van der Waals surface area contributed by atoms with Crippen molar-refractivity contribution in [3.8, 4) is 0 Å². The third-order valence-electron chi connectivity index (χ3n) is 5.66. The summed E-state index contributed by atoms with van der Waals surface area (Å²) in [5.41, 5.74) is 2.91. The lowest BCUT2D eigenvalue weighted by molar-refractivity contribution is -0.125. The molecule has 0 aromatic carbocycles. The van der Waals surface area contributed by atoms with Crippen LogP contribution in [0.25, 0.3) is 0 Å². The highest BCUT2D eigenvalue weighted by atomic mass is 16.2. The Bertz CT molecular complexity index is 884. The van der Waals surface area contributed by atoms with E-state index < -0.39 is 0 Å². The second kappa shape index (κ2) is 7.58. The van der Waals surface area contributed by atoms with Crippen LogP contribution < -0.4 is 5.32 Å². The first-order valence-electron chi connectivity index (χ1n) is 9.78. The van der Waals surface area contributed by atoms with E-state index in [0.717, 1.165) is 29.9 Å². The van der Waals surface area contributed by atoms with Gasteiger partial charge in [0.2, 0.25) is 11.8 Å². The number of aromatic nitrogens is 3. The summed E-state index contributed by atoms with van der Waals surface area (Å²) >= 11 is 0. The average Bonchev–Trinajstić information content (AvgIpc) is 3.26. The van der Waals surface area contributed by atoms with Crippen molar-refractivity contribution in [2.75, 3.05) is 18.4 Å². The summed E-state index contributed by atoms with van der Waals surface area (Å²) in [5.74, 6) is 0.901. The van der Waals surface area contributed by atoms with Crippen molar-refractivity contribution in [3.63, 3.8) is 0 Å². The number of hydrogen-bond donors (Lipinski definition) is 2. The summed E-state index contributed by atoms with van der Waals surface area (Å²) in [5, 5.41) is 10.0. The number of likely N-dealkylation sites (tertiary alicyclic amines) is 1. The van der Waals surface area contributed by atoms with Gasteiger partial charge in [0.25, 0.3) is 0 Å². The number of amides is 2. The fraction of sp³-hybridized carbons (Fsp3) is 0.429. The molecule has 4 rings (SSSR count). The maximum atomic E-state index is 12.6. The molecule has 0 radical (unpaired) electrons. The van der Waals surface area contributed by atoms with Gasteiger partial charge in [-0.25, -0.2) is 0 Å². The highest BCUT2D eigenvalue weighted by Crippen LogP contribution is 2.39. The van der Waals surface area contributed by atoms with Gasteiger partial charge in [-0.1, -0.05) is 12.6 Å². The molecule has 7 heteroatoms. The van der Waals surface area contributed by atoms with Crippen LogP contribution in [0.2, 0.25) is 0 Å². The molecule has 1 saturated carbocycles. The Morgan fingerprint density at radius 3 is 2.82 bits per heavy atom. The Balaban J connectivity index is 1.36. The molecule has 0 spiro atoms. The van der Waals surface area contributed by atoms with E-state index in [1.165, 1.54) is 18.9 Å². The zero-order valence-electron chi connectivity index (χ0n) is 16.0. The van der Waals surface area contributed by atoms with Crippen LogP contribution in [0.3, 0.4) is 0 Å². The number of hydrogen-bond acceptors (Lipinski definition) is 4. The first-order chi connectivity index (χ1) is 13.5. The van der Waals surface area contributed by atoms with Crippen LogP contribution in [-0.4, -0.2) is 45.0 Å². The summed E-state index contributed by atoms with van der Waals surface area (Å²) < 4.78 is 0. The summed E-state index contributed by atoms with van der Waals surface area (Å²) in [6.45, 7) is 6.79. The number of aromatic amines is 1. The van der Waals surface area contributed by atoms with Crippen LogP contribution >= 0.6 is 0 Å². The first kappa shape index (κ1) is 18.4. The van der Waals surface area contributed by atoms with Crippen LogP contribution in [0.4, 0.5) is 5.82 Å². The van der Waals surface area contributed by atoms with Crippen molar-refractivity contribution in [2.45, 2.75) is 43.9 Å². The molecule has 2 unspecified atom stereocenters. The molecule has 2 N–H and O–H groups in total. The van der Waals surface area contributed by atoms with Gasteiger partial charge in [-0.3, -0.25) is 19.7 Å². The molecular formula is C21H25N5O2. The molecule has 1 aliphatic heterocycles. The van der Waals surface area contributed by atoms with E-state index in [4.69, 9.17) is 0 Å². The Labute approximate surface area is 164 Å². The molecule has 2 aromatic heterocycles. The van der Waals surface area contributed by atoms with Crippen molar-refractivity contribution in [1.82, 2.24) is 20.1 Å². The van der Waals surface area contributed by atoms with Crippen LogP contribution in [0.15, 0.2) is 37.1 Å². The minimum absolute atomic E-state index is 0.0346. The molecule has 1 aliphatic carbocycles. The Hall–Kier alpha value is -2.96. The fourth-order valence-electron chi connectivity index (χ4n) is 3.64. The van der Waals surface area contributed by atoms with Crippen LogP contribution in [0, 0.1) is 0 Å². The van der Waals surface area contributed by atoms with Gasteiger partial charge in [0.15, 0.2) is 5.82 Å². The van der Waals surface area contributed by atoms with E-state index in [-0.39, 0.29) is 23.7 Å². The zero-order chi connectivity index (χ0) is 19.7. The molecule has 2 aliphatic rings. The van der Waals surface area contributed by atoms with Gasteiger partial charge in [-0.05, 0) is 43.9 Å². The Morgan fingerprint density at radius 1 is 1.32 bits per heavy atom. The molecule has 2 aromatic rings. The maximum Gasteiger partial charge on any atom is 0.245 e. The smallest absolute Gasteiger partial charge is 0.245 e. The second-order valence-electron chi connectivity index (χ2n) is 7.68. The predicted molar refractivity (Wildman–Crippen MR) is 106 cm³/mol. The van der Waals surface area contributed by atoms with E-state index >= 15 is 0 Å². The van der Waals surface area contributed by atoms with E-state index in [9.17, 15) is 9.59 Å². The van der Waals surface area contributed by atoms with Gasteiger partial charge >= 0.3 is 0 Å². The number of anilines is 1. The predicted octanol–water partition coefficient (Wildman–Crippen LogP) is 2.93. The zero-order valence-corrected chi connectivity index (χ0v) is 16.0. The van der Waals surface area contributed by atoms with Crippen molar-refractivity contribution in [1.29, 1.82) is 0 Å². The molecule has 3 heterocycles. The molecule has 2 fully saturated rings. The summed E-state index contributed by atoms with van der Waals surface area (Å²) in [6.07, 6.45) is 6.38. The number of pyridine rings is 1. The molecule has 2 amide bonds. The molecule has 1 saturated heterocycles. The molecular weight excluding hydrogens is 354 g/mol. The van der Waals surface area contributed by atoms with E-state index in [2.05, 4.69) is 27.1 Å². The van der Waals surface area contributed by atoms with Crippen molar-refractivity contribution >= 4 is 17.6 Å². The molecule has 0 bridgehead atoms.